The summed E-state index contributed by atoms with van der Waals surface area (Å²) >= 11 is 0. The van der Waals surface area contributed by atoms with E-state index in [1.165, 1.54) is 10.4 Å². The number of carbonyl (C=O) groups is 2. The maximum atomic E-state index is 13.1. The summed E-state index contributed by atoms with van der Waals surface area (Å²) in [6.45, 7) is 9.22. The number of piperidine rings is 1. The van der Waals surface area contributed by atoms with Crippen molar-refractivity contribution in [1.29, 1.82) is 0 Å². The van der Waals surface area contributed by atoms with Gasteiger partial charge in [0.05, 0.1) is 4.90 Å². The highest BCUT2D eigenvalue weighted by Gasteiger charge is 2.28. The fourth-order valence-corrected chi connectivity index (χ4v) is 5.57. The predicted molar refractivity (Wildman–Crippen MR) is 130 cm³/mol. The first-order chi connectivity index (χ1) is 15.6. The molecule has 0 spiro atoms. The van der Waals surface area contributed by atoms with Crippen molar-refractivity contribution in [2.24, 2.45) is 5.92 Å². The van der Waals surface area contributed by atoms with Crippen LogP contribution in [0.4, 0.5) is 5.69 Å². The van der Waals surface area contributed by atoms with Crippen LogP contribution < -0.4 is 10.6 Å². The molecule has 0 unspecified atom stereocenters. The summed E-state index contributed by atoms with van der Waals surface area (Å²) in [4.78, 5) is 25.4. The molecule has 2 N–H and O–H groups in total. The third kappa shape index (κ3) is 6.00. The molecule has 2 amide bonds. The summed E-state index contributed by atoms with van der Waals surface area (Å²) in [5.74, 6) is -0.201. The molecule has 0 radical (unpaired) electrons. The highest BCUT2D eigenvalue weighted by molar-refractivity contribution is 7.89. The van der Waals surface area contributed by atoms with E-state index in [0.717, 1.165) is 24.8 Å². The van der Waals surface area contributed by atoms with E-state index >= 15 is 0 Å². The van der Waals surface area contributed by atoms with Crippen LogP contribution in [0.25, 0.3) is 0 Å². The van der Waals surface area contributed by atoms with Crippen LogP contribution in [-0.4, -0.2) is 44.2 Å². The lowest BCUT2D eigenvalue weighted by molar-refractivity contribution is 0.0948. The Morgan fingerprint density at radius 1 is 0.909 bits per heavy atom. The molecule has 0 aromatic heterocycles. The molecule has 1 aliphatic rings. The van der Waals surface area contributed by atoms with Gasteiger partial charge in [0.25, 0.3) is 11.8 Å². The number of carbonyl (C=O) groups excluding carboxylic acids is 2. The van der Waals surface area contributed by atoms with Gasteiger partial charge in [0.15, 0.2) is 0 Å². The van der Waals surface area contributed by atoms with E-state index in [4.69, 9.17) is 0 Å². The Morgan fingerprint density at radius 3 is 2.18 bits per heavy atom. The summed E-state index contributed by atoms with van der Waals surface area (Å²) in [5.41, 5.74) is 2.73. The number of amides is 2. The van der Waals surface area contributed by atoms with E-state index in [2.05, 4.69) is 10.6 Å². The Bertz CT molecular complexity index is 1140. The zero-order valence-corrected chi connectivity index (χ0v) is 20.6. The number of rotatable bonds is 7. The predicted octanol–water partition coefficient (Wildman–Crippen LogP) is 4.12. The molecule has 1 saturated heterocycles. The fraction of sp³-hybridized carbons (Fsp3) is 0.440. The van der Waals surface area contributed by atoms with Crippen molar-refractivity contribution in [2.45, 2.75) is 51.9 Å². The van der Waals surface area contributed by atoms with E-state index < -0.39 is 15.9 Å². The molecule has 0 bridgehead atoms. The van der Waals surface area contributed by atoms with Gasteiger partial charge in [-0.2, -0.15) is 4.31 Å². The lowest BCUT2D eigenvalue weighted by Gasteiger charge is -2.26. The molecule has 178 valence electrons. The number of hydrogen-bond acceptors (Lipinski definition) is 4. The molecular formula is C25H33N3O4S. The largest absolute Gasteiger partial charge is 0.352 e. The van der Waals surface area contributed by atoms with Crippen LogP contribution in [0.5, 0.6) is 0 Å². The first-order valence-corrected chi connectivity index (χ1v) is 12.8. The van der Waals surface area contributed by atoms with Crippen molar-refractivity contribution in [3.8, 4) is 0 Å². The summed E-state index contributed by atoms with van der Waals surface area (Å²) < 4.78 is 27.8. The maximum absolute atomic E-state index is 13.1. The van der Waals surface area contributed by atoms with Gasteiger partial charge in [-0.25, -0.2) is 8.42 Å². The van der Waals surface area contributed by atoms with Crippen LogP contribution in [0.1, 0.15) is 65.0 Å². The number of sulfonamides is 1. The van der Waals surface area contributed by atoms with Crippen molar-refractivity contribution in [1.82, 2.24) is 9.62 Å². The van der Waals surface area contributed by atoms with E-state index in [-0.39, 0.29) is 16.4 Å². The van der Waals surface area contributed by atoms with E-state index in [1.807, 2.05) is 20.8 Å². The Balaban J connectivity index is 1.78. The average molecular weight is 472 g/mol. The summed E-state index contributed by atoms with van der Waals surface area (Å²) in [7, 11) is -3.65. The third-order valence-electron chi connectivity index (χ3n) is 5.79. The molecule has 1 aliphatic heterocycles. The number of aryl methyl sites for hydroxylation is 2. The smallest absolute Gasteiger partial charge is 0.255 e. The van der Waals surface area contributed by atoms with Crippen LogP contribution >= 0.6 is 0 Å². The van der Waals surface area contributed by atoms with Crippen LogP contribution in [0.15, 0.2) is 41.3 Å². The summed E-state index contributed by atoms with van der Waals surface area (Å²) in [5, 5.41) is 5.72. The molecule has 2 aromatic rings. The number of hydrogen-bond donors (Lipinski definition) is 2. The van der Waals surface area contributed by atoms with Gasteiger partial charge in [-0.3, -0.25) is 9.59 Å². The van der Waals surface area contributed by atoms with E-state index in [9.17, 15) is 18.0 Å². The quantitative estimate of drug-likeness (QED) is 0.635. The first kappa shape index (κ1) is 24.9. The second-order valence-electron chi connectivity index (χ2n) is 9.03. The highest BCUT2D eigenvalue weighted by atomic mass is 32.2. The maximum Gasteiger partial charge on any atom is 0.255 e. The lowest BCUT2D eigenvalue weighted by Crippen LogP contribution is -2.36. The van der Waals surface area contributed by atoms with Gasteiger partial charge in [0.2, 0.25) is 10.0 Å². The molecule has 0 saturated carbocycles. The lowest BCUT2D eigenvalue weighted by atomic mass is 10.1. The molecule has 1 fully saturated rings. The number of benzene rings is 2. The normalized spacial score (nSPS) is 14.8. The molecule has 0 aliphatic carbocycles. The molecule has 3 rings (SSSR count). The zero-order valence-electron chi connectivity index (χ0n) is 19.8. The van der Waals surface area contributed by atoms with Gasteiger partial charge < -0.3 is 10.6 Å². The van der Waals surface area contributed by atoms with Crippen LogP contribution in [0.3, 0.4) is 0 Å². The van der Waals surface area contributed by atoms with Crippen molar-refractivity contribution in [2.75, 3.05) is 25.0 Å². The molecule has 8 heteroatoms. The Morgan fingerprint density at radius 2 is 1.55 bits per heavy atom. The minimum absolute atomic E-state index is 0.157. The van der Waals surface area contributed by atoms with Crippen molar-refractivity contribution >= 4 is 27.5 Å². The Kier molecular flexibility index (Phi) is 7.92. The van der Waals surface area contributed by atoms with Crippen LogP contribution in [0, 0.1) is 19.8 Å². The average Bonchev–Trinajstić information content (AvgIpc) is 2.79. The summed E-state index contributed by atoms with van der Waals surface area (Å²) in [6, 6.07) is 9.84. The van der Waals surface area contributed by atoms with Gasteiger partial charge in [-0.05, 0) is 74.1 Å². The van der Waals surface area contributed by atoms with Crippen LogP contribution in [-0.2, 0) is 10.0 Å². The molecule has 33 heavy (non-hydrogen) atoms. The van der Waals surface area contributed by atoms with Crippen molar-refractivity contribution in [3.63, 3.8) is 0 Å². The van der Waals surface area contributed by atoms with Crippen LogP contribution in [0.2, 0.25) is 0 Å². The molecule has 7 nitrogen and oxygen atoms in total. The number of nitrogens with zero attached hydrogens (tertiary/aromatic N) is 1. The third-order valence-corrected chi connectivity index (χ3v) is 7.83. The highest BCUT2D eigenvalue weighted by Crippen LogP contribution is 2.25. The van der Waals surface area contributed by atoms with Crippen molar-refractivity contribution < 1.29 is 18.0 Å². The van der Waals surface area contributed by atoms with Gasteiger partial charge in [0.1, 0.15) is 0 Å². The van der Waals surface area contributed by atoms with Crippen molar-refractivity contribution in [3.05, 3.63) is 58.7 Å². The van der Waals surface area contributed by atoms with Gasteiger partial charge in [-0.15, -0.1) is 0 Å². The standard InChI is InChI=1S/C25H33N3O4S/c1-17(2)16-26-24(29)20-10-11-22(19(4)14-20)27-25(30)21-9-8-18(3)23(15-21)33(31,32)28-12-6-5-7-13-28/h8-11,14-15,17H,5-7,12-13,16H2,1-4H3,(H,26,29)(H,27,30). The van der Waals surface area contributed by atoms with E-state index in [1.54, 1.807) is 37.3 Å². The van der Waals surface area contributed by atoms with Gasteiger partial charge in [-0.1, -0.05) is 26.3 Å². The zero-order chi connectivity index (χ0) is 24.2. The molecule has 0 atom stereocenters. The molecule has 2 aromatic carbocycles. The fourth-order valence-electron chi connectivity index (χ4n) is 3.80. The first-order valence-electron chi connectivity index (χ1n) is 11.4. The summed E-state index contributed by atoms with van der Waals surface area (Å²) in [6.07, 6.45) is 2.73. The molecule has 1 heterocycles. The SMILES string of the molecule is Cc1cc(C(=O)NCC(C)C)ccc1NC(=O)c1ccc(C)c(S(=O)(=O)N2CCCCC2)c1. The minimum Gasteiger partial charge on any atom is -0.352 e. The monoisotopic (exact) mass is 471 g/mol. The van der Waals surface area contributed by atoms with E-state index in [0.29, 0.717) is 42.4 Å². The topological polar surface area (TPSA) is 95.6 Å². The van der Waals surface area contributed by atoms with Gasteiger partial charge >= 0.3 is 0 Å². The minimum atomic E-state index is -3.65. The second-order valence-corrected chi connectivity index (χ2v) is 10.9. The van der Waals surface area contributed by atoms with Gasteiger partial charge in [0, 0.05) is 36.4 Å². The number of anilines is 1. The molecular weight excluding hydrogens is 438 g/mol. The Hall–Kier alpha value is -2.71. The second kappa shape index (κ2) is 10.5. The Labute approximate surface area is 196 Å². The number of nitrogens with one attached hydrogen (secondary N) is 2.